The van der Waals surface area contributed by atoms with Gasteiger partial charge in [0.25, 0.3) is 0 Å². The summed E-state index contributed by atoms with van der Waals surface area (Å²) in [6, 6.07) is 22.4. The van der Waals surface area contributed by atoms with E-state index in [9.17, 15) is 0 Å². The second kappa shape index (κ2) is 6.21. The van der Waals surface area contributed by atoms with E-state index in [2.05, 4.69) is 43.8 Å². The first kappa shape index (κ1) is 15.9. The molecule has 0 atom stereocenters. The molecule has 0 aliphatic carbocycles. The lowest BCUT2D eigenvalue weighted by Gasteiger charge is -2.11. The van der Waals surface area contributed by atoms with Crippen LogP contribution in [-0.4, -0.2) is 24.5 Å². The smallest absolute Gasteiger partial charge is 0.145 e. The Hall–Kier alpha value is -4.12. The van der Waals surface area contributed by atoms with Gasteiger partial charge >= 0.3 is 0 Å². The zero-order valence-corrected chi connectivity index (χ0v) is 15.4. The minimum atomic E-state index is 0.870. The molecule has 4 aromatic heterocycles. The molecule has 6 rings (SSSR count). The minimum absolute atomic E-state index is 0.870. The summed E-state index contributed by atoms with van der Waals surface area (Å²) in [5, 5.41) is 2.03. The highest BCUT2D eigenvalue weighted by Crippen LogP contribution is 2.37. The first-order valence-corrected chi connectivity index (χ1v) is 9.41. The van der Waals surface area contributed by atoms with Crippen molar-refractivity contribution in [2.24, 2.45) is 0 Å². The number of pyridine rings is 3. The van der Waals surface area contributed by atoms with Crippen LogP contribution in [0.25, 0.3) is 49.9 Å². The molecule has 0 saturated heterocycles. The molecule has 4 heterocycles. The van der Waals surface area contributed by atoms with Crippen molar-refractivity contribution in [2.45, 2.75) is 0 Å². The Morgan fingerprint density at radius 2 is 1.28 bits per heavy atom. The fourth-order valence-electron chi connectivity index (χ4n) is 3.95. The zero-order chi connectivity index (χ0) is 19.2. The molecule has 0 amide bonds. The number of hydrogen-bond donors (Lipinski definition) is 0. The van der Waals surface area contributed by atoms with E-state index in [0.717, 1.165) is 49.9 Å². The van der Waals surface area contributed by atoms with Gasteiger partial charge < -0.3 is 0 Å². The summed E-state index contributed by atoms with van der Waals surface area (Å²) >= 11 is 0. The van der Waals surface area contributed by atoms with Crippen molar-refractivity contribution in [1.29, 1.82) is 0 Å². The van der Waals surface area contributed by atoms with Crippen molar-refractivity contribution in [3.05, 3.63) is 91.5 Å². The Kier molecular flexibility index (Phi) is 3.40. The third kappa shape index (κ3) is 2.34. The van der Waals surface area contributed by atoms with Crippen molar-refractivity contribution in [3.8, 4) is 17.1 Å². The molecular weight excluding hydrogens is 358 g/mol. The summed E-state index contributed by atoms with van der Waals surface area (Å²) in [6.07, 6.45) is 7.21. The number of hydrogen-bond acceptors (Lipinski definition) is 4. The van der Waals surface area contributed by atoms with Crippen LogP contribution in [0.2, 0.25) is 0 Å². The molecule has 0 fully saturated rings. The van der Waals surface area contributed by atoms with Gasteiger partial charge in [-0.2, -0.15) is 0 Å². The maximum absolute atomic E-state index is 5.10. The van der Waals surface area contributed by atoms with Crippen LogP contribution in [-0.2, 0) is 0 Å². The van der Waals surface area contributed by atoms with Gasteiger partial charge in [0.1, 0.15) is 5.82 Å². The lowest BCUT2D eigenvalue weighted by Crippen LogP contribution is -1.98. The third-order valence-electron chi connectivity index (χ3n) is 5.18. The van der Waals surface area contributed by atoms with Gasteiger partial charge in [-0.05, 0) is 48.5 Å². The molecule has 5 heteroatoms. The Labute approximate surface area is 166 Å². The number of nitrogens with zero attached hydrogens (tertiary/aromatic N) is 5. The molecule has 0 aliphatic rings. The Bertz CT molecular complexity index is 1490. The van der Waals surface area contributed by atoms with Crippen LogP contribution in [0.4, 0.5) is 0 Å². The van der Waals surface area contributed by atoms with E-state index in [0.29, 0.717) is 0 Å². The Morgan fingerprint density at radius 3 is 2.03 bits per heavy atom. The molecule has 29 heavy (non-hydrogen) atoms. The second-order valence-electron chi connectivity index (χ2n) is 6.84. The molecule has 0 unspecified atom stereocenters. The molecule has 136 valence electrons. The summed E-state index contributed by atoms with van der Waals surface area (Å²) in [4.78, 5) is 18.6. The molecule has 0 saturated carbocycles. The van der Waals surface area contributed by atoms with Gasteiger partial charge in [0.15, 0.2) is 0 Å². The van der Waals surface area contributed by atoms with Crippen molar-refractivity contribution < 1.29 is 0 Å². The van der Waals surface area contributed by atoms with Crippen LogP contribution >= 0.6 is 0 Å². The molecule has 0 spiro atoms. The van der Waals surface area contributed by atoms with Crippen molar-refractivity contribution in [1.82, 2.24) is 24.5 Å². The maximum Gasteiger partial charge on any atom is 0.145 e. The van der Waals surface area contributed by atoms with Crippen molar-refractivity contribution >= 4 is 32.8 Å². The molecule has 0 aliphatic heterocycles. The van der Waals surface area contributed by atoms with E-state index < -0.39 is 0 Å². The molecular formula is C24H15N5. The molecule has 2 aromatic carbocycles. The van der Waals surface area contributed by atoms with Gasteiger partial charge in [0, 0.05) is 46.8 Å². The highest BCUT2D eigenvalue weighted by molar-refractivity contribution is 6.21. The lowest BCUT2D eigenvalue weighted by molar-refractivity contribution is 1.10. The number of para-hydroxylation sites is 1. The molecule has 5 nitrogen and oxygen atoms in total. The van der Waals surface area contributed by atoms with Gasteiger partial charge in [0.05, 0.1) is 22.1 Å². The van der Waals surface area contributed by atoms with Gasteiger partial charge in [-0.3, -0.25) is 19.5 Å². The average molecular weight is 373 g/mol. The summed E-state index contributed by atoms with van der Waals surface area (Å²) in [5.41, 5.74) is 5.77. The summed E-state index contributed by atoms with van der Waals surface area (Å²) in [5.74, 6) is 0.870. The SMILES string of the molecule is c1ccc(-n2c(-c3ccncc3)nc3c4cccnc4c4ncccc4c32)cc1. The van der Waals surface area contributed by atoms with Gasteiger partial charge in [-0.25, -0.2) is 4.98 Å². The molecule has 0 radical (unpaired) electrons. The quantitative estimate of drug-likeness (QED) is 0.392. The first-order valence-electron chi connectivity index (χ1n) is 9.41. The van der Waals surface area contributed by atoms with Crippen molar-refractivity contribution in [3.63, 3.8) is 0 Å². The van der Waals surface area contributed by atoms with Crippen LogP contribution < -0.4 is 0 Å². The fourth-order valence-corrected chi connectivity index (χ4v) is 3.95. The topological polar surface area (TPSA) is 56.5 Å². The van der Waals surface area contributed by atoms with Crippen molar-refractivity contribution in [2.75, 3.05) is 0 Å². The third-order valence-corrected chi connectivity index (χ3v) is 5.18. The minimum Gasteiger partial charge on any atom is -0.292 e. The van der Waals surface area contributed by atoms with E-state index in [-0.39, 0.29) is 0 Å². The summed E-state index contributed by atoms with van der Waals surface area (Å²) < 4.78 is 2.21. The van der Waals surface area contributed by atoms with Gasteiger partial charge in [-0.1, -0.05) is 18.2 Å². The predicted molar refractivity (Wildman–Crippen MR) is 115 cm³/mol. The second-order valence-corrected chi connectivity index (χ2v) is 6.84. The lowest BCUT2D eigenvalue weighted by atomic mass is 10.1. The number of fused-ring (bicyclic) bond motifs is 6. The standard InChI is InChI=1S/C24H15N5/c1-2-6-17(7-3-1)29-23-19-9-5-13-27-21(19)20-18(8-4-12-26-20)22(23)28-24(29)16-10-14-25-15-11-16/h1-15H. The zero-order valence-electron chi connectivity index (χ0n) is 15.4. The predicted octanol–water partition coefficient (Wildman–Crippen LogP) is 5.18. The summed E-state index contributed by atoms with van der Waals surface area (Å²) in [7, 11) is 0. The average Bonchev–Trinajstić information content (AvgIpc) is 3.22. The Balaban J connectivity index is 1.90. The van der Waals surface area contributed by atoms with Crippen LogP contribution in [0.3, 0.4) is 0 Å². The number of imidazole rings is 1. The summed E-state index contributed by atoms with van der Waals surface area (Å²) in [6.45, 7) is 0. The van der Waals surface area contributed by atoms with Crippen LogP contribution in [0.15, 0.2) is 91.5 Å². The van der Waals surface area contributed by atoms with Crippen LogP contribution in [0.1, 0.15) is 0 Å². The van der Waals surface area contributed by atoms with E-state index in [1.807, 2.05) is 48.7 Å². The normalized spacial score (nSPS) is 11.4. The van der Waals surface area contributed by atoms with E-state index >= 15 is 0 Å². The number of aromatic nitrogens is 5. The Morgan fingerprint density at radius 1 is 0.586 bits per heavy atom. The van der Waals surface area contributed by atoms with Crippen LogP contribution in [0, 0.1) is 0 Å². The van der Waals surface area contributed by atoms with Crippen LogP contribution in [0.5, 0.6) is 0 Å². The highest BCUT2D eigenvalue weighted by Gasteiger charge is 2.20. The maximum atomic E-state index is 5.10. The molecule has 0 N–H and O–H groups in total. The van der Waals surface area contributed by atoms with E-state index in [1.165, 1.54) is 0 Å². The highest BCUT2D eigenvalue weighted by atomic mass is 15.1. The van der Waals surface area contributed by atoms with Gasteiger partial charge in [-0.15, -0.1) is 0 Å². The monoisotopic (exact) mass is 373 g/mol. The van der Waals surface area contributed by atoms with E-state index in [1.54, 1.807) is 18.6 Å². The largest absolute Gasteiger partial charge is 0.292 e. The molecule has 6 aromatic rings. The first-order chi connectivity index (χ1) is 14.4. The number of benzene rings is 2. The number of rotatable bonds is 2. The van der Waals surface area contributed by atoms with E-state index in [4.69, 9.17) is 4.98 Å². The molecule has 0 bridgehead atoms. The van der Waals surface area contributed by atoms with Gasteiger partial charge in [0.2, 0.25) is 0 Å². The fraction of sp³-hybridized carbons (Fsp3) is 0.